The van der Waals surface area contributed by atoms with E-state index in [1.807, 2.05) is 31.2 Å². The monoisotopic (exact) mass is 259 g/mol. The largest absolute Gasteiger partial charge is 0.355 e. The molecule has 0 aromatic heterocycles. The molecule has 0 bridgehead atoms. The lowest BCUT2D eigenvalue weighted by Crippen LogP contribution is -2.43. The molecule has 5 nitrogen and oxygen atoms in total. The van der Waals surface area contributed by atoms with Gasteiger partial charge in [-0.1, -0.05) is 29.8 Å². The highest BCUT2D eigenvalue weighted by Gasteiger charge is 2.28. The van der Waals surface area contributed by atoms with Crippen molar-refractivity contribution in [1.82, 2.24) is 10.7 Å². The highest BCUT2D eigenvalue weighted by molar-refractivity contribution is 6.00. The van der Waals surface area contributed by atoms with Gasteiger partial charge in [-0.3, -0.25) is 9.59 Å². The zero-order valence-corrected chi connectivity index (χ0v) is 10.8. The Kier molecular flexibility index (Phi) is 4.28. The highest BCUT2D eigenvalue weighted by atomic mass is 16.2. The van der Waals surface area contributed by atoms with Crippen molar-refractivity contribution in [3.8, 4) is 0 Å². The Labute approximate surface area is 112 Å². The Morgan fingerprint density at radius 2 is 2.37 bits per heavy atom. The van der Waals surface area contributed by atoms with Crippen LogP contribution in [0.1, 0.15) is 24.0 Å². The first-order valence-electron chi connectivity index (χ1n) is 6.34. The third kappa shape index (κ3) is 3.64. The van der Waals surface area contributed by atoms with Gasteiger partial charge in [0.15, 0.2) is 0 Å². The van der Waals surface area contributed by atoms with Crippen LogP contribution in [0.2, 0.25) is 0 Å². The minimum atomic E-state index is -0.622. The average Bonchev–Trinajstić information content (AvgIpc) is 2.39. The Hall–Kier alpha value is -2.17. The molecule has 2 N–H and O–H groups in total. The predicted octanol–water partition coefficient (Wildman–Crippen LogP) is 0.971. The van der Waals surface area contributed by atoms with E-state index in [0.717, 1.165) is 17.5 Å². The van der Waals surface area contributed by atoms with Gasteiger partial charge < -0.3 is 5.32 Å². The molecule has 1 fully saturated rings. The number of piperidine rings is 1. The molecule has 2 rings (SSSR count). The zero-order valence-electron chi connectivity index (χ0n) is 10.8. The third-order valence-electron chi connectivity index (χ3n) is 3.03. The van der Waals surface area contributed by atoms with Crippen LogP contribution in [-0.2, 0) is 9.59 Å². The first-order chi connectivity index (χ1) is 9.16. The van der Waals surface area contributed by atoms with Crippen LogP contribution >= 0.6 is 0 Å². The van der Waals surface area contributed by atoms with Gasteiger partial charge in [0, 0.05) is 6.54 Å². The maximum Gasteiger partial charge on any atom is 0.252 e. The number of amides is 2. The summed E-state index contributed by atoms with van der Waals surface area (Å²) >= 11 is 0. The minimum Gasteiger partial charge on any atom is -0.355 e. The summed E-state index contributed by atoms with van der Waals surface area (Å²) in [4.78, 5) is 23.3. The van der Waals surface area contributed by atoms with Crippen molar-refractivity contribution < 1.29 is 9.59 Å². The lowest BCUT2D eigenvalue weighted by atomic mass is 9.98. The van der Waals surface area contributed by atoms with E-state index in [-0.39, 0.29) is 11.8 Å². The standard InChI is InChI=1S/C14H17N3O2/c1-10-4-2-5-11(8-10)9-16-17-14(19)12-6-3-7-15-13(12)18/h2,4-5,8-9,12H,3,6-7H2,1H3,(H,15,18)(H,17,19)/b16-9-/t12-/m1/s1. The fourth-order valence-corrected chi connectivity index (χ4v) is 2.02. The lowest BCUT2D eigenvalue weighted by Gasteiger charge is -2.19. The zero-order chi connectivity index (χ0) is 13.7. The van der Waals surface area contributed by atoms with Gasteiger partial charge in [0.25, 0.3) is 5.91 Å². The van der Waals surface area contributed by atoms with Gasteiger partial charge in [-0.25, -0.2) is 5.43 Å². The number of rotatable bonds is 3. The molecule has 1 saturated heterocycles. The molecular weight excluding hydrogens is 242 g/mol. The van der Waals surface area contributed by atoms with Gasteiger partial charge in [-0.15, -0.1) is 0 Å². The molecular formula is C14H17N3O2. The summed E-state index contributed by atoms with van der Waals surface area (Å²) in [7, 11) is 0. The van der Waals surface area contributed by atoms with E-state index < -0.39 is 5.92 Å². The first-order valence-corrected chi connectivity index (χ1v) is 6.34. The van der Waals surface area contributed by atoms with E-state index in [2.05, 4.69) is 15.8 Å². The number of hydrazone groups is 1. The van der Waals surface area contributed by atoms with Crippen molar-refractivity contribution in [2.75, 3.05) is 6.54 Å². The number of hydrogen-bond acceptors (Lipinski definition) is 3. The number of aryl methyl sites for hydroxylation is 1. The van der Waals surface area contributed by atoms with Gasteiger partial charge in [-0.05, 0) is 25.3 Å². The van der Waals surface area contributed by atoms with Crippen LogP contribution in [0.4, 0.5) is 0 Å². The van der Waals surface area contributed by atoms with Crippen molar-refractivity contribution in [1.29, 1.82) is 0 Å². The minimum absolute atomic E-state index is 0.213. The van der Waals surface area contributed by atoms with Crippen molar-refractivity contribution in [2.24, 2.45) is 11.0 Å². The van der Waals surface area contributed by atoms with Crippen molar-refractivity contribution in [2.45, 2.75) is 19.8 Å². The van der Waals surface area contributed by atoms with Crippen molar-refractivity contribution >= 4 is 18.0 Å². The Morgan fingerprint density at radius 1 is 1.53 bits per heavy atom. The SMILES string of the molecule is Cc1cccc(/C=N\NC(=O)[C@@H]2CCCNC2=O)c1. The maximum absolute atomic E-state index is 11.8. The molecule has 0 radical (unpaired) electrons. The van der Waals surface area contributed by atoms with E-state index in [4.69, 9.17) is 0 Å². The number of nitrogens with one attached hydrogen (secondary N) is 2. The fourth-order valence-electron chi connectivity index (χ4n) is 2.02. The second-order valence-corrected chi connectivity index (χ2v) is 4.63. The van der Waals surface area contributed by atoms with Gasteiger partial charge in [0.05, 0.1) is 6.21 Å². The Bertz CT molecular complexity index is 511. The number of benzene rings is 1. The van der Waals surface area contributed by atoms with Crippen LogP contribution in [0.3, 0.4) is 0 Å². The van der Waals surface area contributed by atoms with E-state index in [1.54, 1.807) is 6.21 Å². The maximum atomic E-state index is 11.8. The van der Waals surface area contributed by atoms with Crippen LogP contribution in [0.15, 0.2) is 29.4 Å². The normalized spacial score (nSPS) is 19.2. The molecule has 0 spiro atoms. The smallest absolute Gasteiger partial charge is 0.252 e. The molecule has 1 heterocycles. The van der Waals surface area contributed by atoms with Gasteiger partial charge in [0.2, 0.25) is 5.91 Å². The molecule has 1 aliphatic rings. The molecule has 0 aliphatic carbocycles. The topological polar surface area (TPSA) is 70.6 Å². The molecule has 1 aliphatic heterocycles. The van der Waals surface area contributed by atoms with Crippen LogP contribution in [0, 0.1) is 12.8 Å². The fraction of sp³-hybridized carbons (Fsp3) is 0.357. The molecule has 0 unspecified atom stereocenters. The molecule has 0 saturated carbocycles. The van der Waals surface area contributed by atoms with Crippen LogP contribution in [-0.4, -0.2) is 24.6 Å². The first kappa shape index (κ1) is 13.3. The highest BCUT2D eigenvalue weighted by Crippen LogP contribution is 2.11. The van der Waals surface area contributed by atoms with E-state index in [1.165, 1.54) is 0 Å². The average molecular weight is 259 g/mol. The Morgan fingerprint density at radius 3 is 3.11 bits per heavy atom. The van der Waals surface area contributed by atoms with Crippen LogP contribution in [0.25, 0.3) is 0 Å². The Balaban J connectivity index is 1.91. The number of carbonyl (C=O) groups excluding carboxylic acids is 2. The second-order valence-electron chi connectivity index (χ2n) is 4.63. The van der Waals surface area contributed by atoms with Gasteiger partial charge in [-0.2, -0.15) is 5.10 Å². The van der Waals surface area contributed by atoms with Crippen LogP contribution < -0.4 is 10.7 Å². The second kappa shape index (κ2) is 6.13. The van der Waals surface area contributed by atoms with Crippen LogP contribution in [0.5, 0.6) is 0 Å². The molecule has 1 aromatic rings. The van der Waals surface area contributed by atoms with Gasteiger partial charge >= 0.3 is 0 Å². The molecule has 19 heavy (non-hydrogen) atoms. The summed E-state index contributed by atoms with van der Waals surface area (Å²) in [5.74, 6) is -1.18. The predicted molar refractivity (Wildman–Crippen MR) is 72.6 cm³/mol. The van der Waals surface area contributed by atoms with E-state index in [9.17, 15) is 9.59 Å². The van der Waals surface area contributed by atoms with E-state index >= 15 is 0 Å². The molecule has 1 atom stereocenters. The summed E-state index contributed by atoms with van der Waals surface area (Å²) in [6.07, 6.45) is 2.98. The molecule has 100 valence electrons. The summed E-state index contributed by atoms with van der Waals surface area (Å²) in [6.45, 7) is 2.64. The quantitative estimate of drug-likeness (QED) is 0.482. The summed E-state index contributed by atoms with van der Waals surface area (Å²) in [6, 6.07) is 7.77. The van der Waals surface area contributed by atoms with Crippen molar-refractivity contribution in [3.63, 3.8) is 0 Å². The summed E-state index contributed by atoms with van der Waals surface area (Å²) in [5, 5.41) is 6.56. The number of nitrogens with zero attached hydrogens (tertiary/aromatic N) is 1. The number of carbonyl (C=O) groups is 2. The third-order valence-corrected chi connectivity index (χ3v) is 3.03. The summed E-state index contributed by atoms with van der Waals surface area (Å²) in [5.41, 5.74) is 4.46. The summed E-state index contributed by atoms with van der Waals surface area (Å²) < 4.78 is 0. The van der Waals surface area contributed by atoms with E-state index in [0.29, 0.717) is 13.0 Å². The van der Waals surface area contributed by atoms with Gasteiger partial charge in [0.1, 0.15) is 5.92 Å². The van der Waals surface area contributed by atoms with Crippen molar-refractivity contribution in [3.05, 3.63) is 35.4 Å². The number of hydrogen-bond donors (Lipinski definition) is 2. The molecule has 2 amide bonds. The molecule has 1 aromatic carbocycles. The molecule has 5 heteroatoms. The lowest BCUT2D eigenvalue weighted by molar-refractivity contribution is -0.136.